The summed E-state index contributed by atoms with van der Waals surface area (Å²) in [4.78, 5) is 39.5. The molecule has 13 nitrogen and oxygen atoms in total. The average Bonchev–Trinajstić information content (AvgIpc) is 3.21. The highest BCUT2D eigenvalue weighted by atomic mass is 35.5. The lowest BCUT2D eigenvalue weighted by Gasteiger charge is -2.26. The van der Waals surface area contributed by atoms with Gasteiger partial charge in [0.1, 0.15) is 18.0 Å². The largest absolute Gasteiger partial charge is 0.385 e. The first-order valence-corrected chi connectivity index (χ1v) is 14.4. The van der Waals surface area contributed by atoms with Crippen LogP contribution in [0.2, 0.25) is 5.28 Å². The third-order valence-corrected chi connectivity index (χ3v) is 8.78. The minimum absolute atomic E-state index is 0.0972. The van der Waals surface area contributed by atoms with E-state index in [-0.39, 0.29) is 28.3 Å². The van der Waals surface area contributed by atoms with Crippen LogP contribution in [0, 0.1) is 5.82 Å². The van der Waals surface area contributed by atoms with Crippen LogP contribution < -0.4 is 5.32 Å². The Bertz CT molecular complexity index is 1330. The second-order valence-corrected chi connectivity index (χ2v) is 12.3. The lowest BCUT2D eigenvalue weighted by Crippen LogP contribution is -2.37. The van der Waals surface area contributed by atoms with E-state index < -0.39 is 52.0 Å². The summed E-state index contributed by atoms with van der Waals surface area (Å²) >= 11 is 6.02. The number of halogens is 3. The van der Waals surface area contributed by atoms with E-state index in [2.05, 4.69) is 24.8 Å². The molecule has 3 aromatic rings. The molecule has 1 unspecified atom stereocenters. The van der Waals surface area contributed by atoms with Crippen molar-refractivity contribution in [1.29, 1.82) is 0 Å². The predicted octanol–water partition coefficient (Wildman–Crippen LogP) is 2.97. The molecule has 0 amide bonds. The van der Waals surface area contributed by atoms with Crippen LogP contribution in [-0.2, 0) is 18.4 Å². The Labute approximate surface area is 214 Å². The minimum atomic E-state index is -4.88. The summed E-state index contributed by atoms with van der Waals surface area (Å²) in [6, 6.07) is 5.33. The van der Waals surface area contributed by atoms with Crippen LogP contribution >= 0.6 is 26.8 Å². The van der Waals surface area contributed by atoms with Crippen molar-refractivity contribution < 1.29 is 47.0 Å². The van der Waals surface area contributed by atoms with E-state index in [9.17, 15) is 23.5 Å². The third-order valence-electron chi connectivity index (χ3n) is 5.15. The zero-order valence-corrected chi connectivity index (χ0v) is 21.9. The molecule has 0 saturated heterocycles. The van der Waals surface area contributed by atoms with Crippen LogP contribution in [0.1, 0.15) is 24.8 Å². The number of alkyl halides is 1. The van der Waals surface area contributed by atoms with Crippen molar-refractivity contribution in [2.45, 2.75) is 31.5 Å². The van der Waals surface area contributed by atoms with Crippen LogP contribution in [0.4, 0.5) is 14.6 Å². The zero-order chi connectivity index (χ0) is 27.5. The number of methoxy groups -OCH3 is 1. The van der Waals surface area contributed by atoms with Gasteiger partial charge in [-0.3, -0.25) is 13.7 Å². The second kappa shape index (κ2) is 11.8. The molecule has 0 spiro atoms. The van der Waals surface area contributed by atoms with Crippen molar-refractivity contribution >= 4 is 43.8 Å². The number of anilines is 1. The van der Waals surface area contributed by atoms with Gasteiger partial charge in [0, 0.05) is 7.11 Å². The van der Waals surface area contributed by atoms with E-state index in [0.717, 1.165) is 18.0 Å². The van der Waals surface area contributed by atoms with E-state index in [1.54, 1.807) is 19.1 Å². The van der Waals surface area contributed by atoms with E-state index in [1.807, 2.05) is 0 Å². The van der Waals surface area contributed by atoms with E-state index >= 15 is 4.39 Å². The van der Waals surface area contributed by atoms with Gasteiger partial charge < -0.3 is 34.4 Å². The van der Waals surface area contributed by atoms with Crippen LogP contribution in [-0.4, -0.2) is 71.1 Å². The van der Waals surface area contributed by atoms with Crippen LogP contribution in [0.15, 0.2) is 30.6 Å². The molecule has 0 radical (unpaired) electrons. The highest BCUT2D eigenvalue weighted by Gasteiger charge is 2.36. The smallest absolute Gasteiger partial charge is 0.340 e. The summed E-state index contributed by atoms with van der Waals surface area (Å²) in [5.41, 5.74) is 0.704. The molecule has 5 N–H and O–H groups in total. The molecular formula is C19H24ClF2N5O8P2. The number of aliphatic hydroxyl groups is 1. The standard InChI is InChI=1S/C19H24ClF2N5O8P2/c1-10(11-3-5-12(21)6-4-11)24-17-14-18(26-19(20)25-17)27(8-23-14)16(22)15(28)13(34-2)7-35-37(32,33)9-36(29,30)31/h3-6,8,10,13,15-16,28H,7,9H2,1-2H3,(H,32,33)(H,24,25,26)(H2,29,30,31)/t10-,13+,15+,16+/m0/s1. The molecule has 204 valence electrons. The van der Waals surface area contributed by atoms with Gasteiger partial charge in [0.15, 0.2) is 22.9 Å². The normalized spacial score (nSPS) is 17.2. The summed E-state index contributed by atoms with van der Waals surface area (Å²) in [6.07, 6.45) is -4.78. The van der Waals surface area contributed by atoms with Gasteiger partial charge in [-0.2, -0.15) is 9.97 Å². The molecule has 18 heteroatoms. The zero-order valence-electron chi connectivity index (χ0n) is 19.3. The molecule has 2 aromatic heterocycles. The van der Waals surface area contributed by atoms with Crippen molar-refractivity contribution in [1.82, 2.24) is 19.5 Å². The van der Waals surface area contributed by atoms with Crippen LogP contribution in [0.5, 0.6) is 0 Å². The van der Waals surface area contributed by atoms with Crippen molar-refractivity contribution in [2.24, 2.45) is 0 Å². The summed E-state index contributed by atoms with van der Waals surface area (Å²) in [5, 5.41) is 13.3. The van der Waals surface area contributed by atoms with Gasteiger partial charge in [0.05, 0.1) is 19.0 Å². The van der Waals surface area contributed by atoms with Gasteiger partial charge in [-0.15, -0.1) is 0 Å². The molecule has 0 aliphatic heterocycles. The minimum Gasteiger partial charge on any atom is -0.385 e. The quantitative estimate of drug-likeness (QED) is 0.155. The molecule has 5 atom stereocenters. The Morgan fingerprint density at radius 2 is 1.84 bits per heavy atom. The first-order valence-electron chi connectivity index (χ1n) is 10.5. The first kappa shape index (κ1) is 29.5. The summed E-state index contributed by atoms with van der Waals surface area (Å²) in [5.74, 6) is -1.73. The van der Waals surface area contributed by atoms with Gasteiger partial charge in [0.25, 0.3) is 0 Å². The van der Waals surface area contributed by atoms with Crippen molar-refractivity contribution in [3.63, 3.8) is 0 Å². The summed E-state index contributed by atoms with van der Waals surface area (Å²) < 4.78 is 61.9. The number of hydrogen-bond donors (Lipinski definition) is 5. The van der Waals surface area contributed by atoms with Gasteiger partial charge >= 0.3 is 15.2 Å². The Kier molecular flexibility index (Phi) is 9.38. The number of benzene rings is 1. The Morgan fingerprint density at radius 1 is 1.19 bits per heavy atom. The van der Waals surface area contributed by atoms with Gasteiger partial charge in [-0.05, 0) is 36.2 Å². The molecule has 0 saturated carbocycles. The number of ether oxygens (including phenoxy) is 1. The summed E-state index contributed by atoms with van der Waals surface area (Å²) in [7, 11) is -8.58. The molecule has 37 heavy (non-hydrogen) atoms. The Morgan fingerprint density at radius 3 is 2.43 bits per heavy atom. The number of rotatable bonds is 12. The van der Waals surface area contributed by atoms with E-state index in [4.69, 9.17) is 26.1 Å². The monoisotopic (exact) mass is 585 g/mol. The maximum Gasteiger partial charge on any atom is 0.340 e. The predicted molar refractivity (Wildman–Crippen MR) is 128 cm³/mol. The lowest BCUT2D eigenvalue weighted by molar-refractivity contribution is -0.0862. The molecular weight excluding hydrogens is 562 g/mol. The number of aromatic nitrogens is 4. The Balaban J connectivity index is 1.81. The third kappa shape index (κ3) is 7.73. The number of aliphatic hydroxyl groups excluding tert-OH is 1. The number of imidazole rings is 1. The van der Waals surface area contributed by atoms with Crippen molar-refractivity contribution in [3.05, 3.63) is 47.3 Å². The molecule has 0 bridgehead atoms. The number of nitrogens with one attached hydrogen (secondary N) is 1. The second-order valence-electron chi connectivity index (χ2n) is 7.96. The lowest BCUT2D eigenvalue weighted by atomic mass is 10.1. The molecule has 0 aliphatic carbocycles. The summed E-state index contributed by atoms with van der Waals surface area (Å²) in [6.45, 7) is 0.902. The van der Waals surface area contributed by atoms with Crippen molar-refractivity contribution in [2.75, 3.05) is 24.9 Å². The topological polar surface area (TPSA) is 189 Å². The Hall–Kier alpha value is -2.06. The van der Waals surface area contributed by atoms with Gasteiger partial charge in [0.2, 0.25) is 11.6 Å². The fourth-order valence-corrected chi connectivity index (χ4v) is 6.06. The highest BCUT2D eigenvalue weighted by Crippen LogP contribution is 2.55. The van der Waals surface area contributed by atoms with Gasteiger partial charge in [-0.25, -0.2) is 13.8 Å². The maximum atomic E-state index is 15.4. The fourth-order valence-electron chi connectivity index (χ4n) is 3.32. The first-order chi connectivity index (χ1) is 17.2. The average molecular weight is 586 g/mol. The number of fused-ring (bicyclic) bond motifs is 1. The van der Waals surface area contributed by atoms with Crippen LogP contribution in [0.25, 0.3) is 11.2 Å². The molecule has 0 fully saturated rings. The van der Waals surface area contributed by atoms with E-state index in [0.29, 0.717) is 5.56 Å². The van der Waals surface area contributed by atoms with Gasteiger partial charge in [-0.1, -0.05) is 12.1 Å². The molecule has 2 heterocycles. The van der Waals surface area contributed by atoms with Crippen molar-refractivity contribution in [3.8, 4) is 0 Å². The van der Waals surface area contributed by atoms with E-state index in [1.165, 1.54) is 12.1 Å². The highest BCUT2D eigenvalue weighted by molar-refractivity contribution is 7.70. The molecule has 3 rings (SSSR count). The fraction of sp³-hybridized carbons (Fsp3) is 0.421. The molecule has 0 aliphatic rings. The SMILES string of the molecule is CO[C@H](COP(=O)(O)CP(=O)(O)O)[C@@H](O)[C@H](F)n1cnc2c(N[C@@H](C)c3ccc(F)cc3)nc(Cl)nc21. The number of hydrogen-bond acceptors (Lipinski definition) is 9. The van der Waals surface area contributed by atoms with Crippen LogP contribution in [0.3, 0.4) is 0 Å². The number of nitrogens with zero attached hydrogens (tertiary/aromatic N) is 4. The maximum absolute atomic E-state index is 15.4. The molecule has 1 aromatic carbocycles.